The predicted molar refractivity (Wildman–Crippen MR) is 85.6 cm³/mol. The first-order valence-electron chi connectivity index (χ1n) is 7.44. The normalized spacial score (nSPS) is 10.8. The van der Waals surface area contributed by atoms with Gasteiger partial charge in [-0.3, -0.25) is 4.79 Å². The van der Waals surface area contributed by atoms with Gasteiger partial charge in [0.05, 0.1) is 5.69 Å². The maximum absolute atomic E-state index is 11.7. The van der Waals surface area contributed by atoms with Gasteiger partial charge >= 0.3 is 0 Å². The molecular weight excluding hydrogens is 262 g/mol. The van der Waals surface area contributed by atoms with Crippen molar-refractivity contribution >= 4 is 0 Å². The Labute approximate surface area is 125 Å². The smallest absolute Gasteiger partial charge is 0.251 e. The first-order chi connectivity index (χ1) is 10.1. The van der Waals surface area contributed by atoms with Crippen molar-refractivity contribution in [2.75, 3.05) is 6.54 Å². The first-order valence-corrected chi connectivity index (χ1v) is 7.44. The monoisotopic (exact) mass is 285 g/mol. The topological polar surface area (TPSA) is 57.8 Å². The number of rotatable bonds is 6. The lowest BCUT2D eigenvalue weighted by Gasteiger charge is -2.07. The van der Waals surface area contributed by atoms with Gasteiger partial charge in [-0.1, -0.05) is 25.1 Å². The maximum atomic E-state index is 11.7. The lowest BCUT2D eigenvalue weighted by molar-refractivity contribution is 0.658. The van der Waals surface area contributed by atoms with Gasteiger partial charge in [-0.15, -0.1) is 0 Å². The summed E-state index contributed by atoms with van der Waals surface area (Å²) in [6.07, 6.45) is 1.72. The molecule has 4 nitrogen and oxygen atoms in total. The molecule has 112 valence electrons. The highest BCUT2D eigenvalue weighted by Crippen LogP contribution is 2.12. The number of aromatic nitrogens is 2. The van der Waals surface area contributed by atoms with Crippen LogP contribution in [-0.2, 0) is 13.0 Å². The average Bonchev–Trinajstić information content (AvgIpc) is 2.43. The summed E-state index contributed by atoms with van der Waals surface area (Å²) >= 11 is 0. The number of benzene rings is 1. The Morgan fingerprint density at radius 1 is 1.19 bits per heavy atom. The lowest BCUT2D eigenvalue weighted by Crippen LogP contribution is -2.19. The molecule has 21 heavy (non-hydrogen) atoms. The third-order valence-electron chi connectivity index (χ3n) is 3.52. The molecular formula is C17H23N3O. The van der Waals surface area contributed by atoms with E-state index in [1.165, 1.54) is 16.7 Å². The molecule has 2 N–H and O–H groups in total. The Bertz CT molecular complexity index is 661. The number of hydrogen-bond acceptors (Lipinski definition) is 3. The van der Waals surface area contributed by atoms with E-state index in [9.17, 15) is 4.79 Å². The Hall–Kier alpha value is -1.94. The average molecular weight is 285 g/mol. The Kier molecular flexibility index (Phi) is 5.28. The van der Waals surface area contributed by atoms with Crippen LogP contribution in [0.1, 0.15) is 41.6 Å². The van der Waals surface area contributed by atoms with E-state index >= 15 is 0 Å². The van der Waals surface area contributed by atoms with Gasteiger partial charge in [0.1, 0.15) is 5.82 Å². The van der Waals surface area contributed by atoms with E-state index in [2.05, 4.69) is 54.3 Å². The maximum Gasteiger partial charge on any atom is 0.251 e. The Balaban J connectivity index is 2.15. The van der Waals surface area contributed by atoms with E-state index in [0.717, 1.165) is 24.5 Å². The fourth-order valence-corrected chi connectivity index (χ4v) is 2.24. The molecule has 0 radical (unpaired) electrons. The molecule has 0 saturated heterocycles. The third kappa shape index (κ3) is 4.53. The number of nitrogens with zero attached hydrogens (tertiary/aromatic N) is 1. The molecule has 1 aromatic heterocycles. The lowest BCUT2D eigenvalue weighted by atomic mass is 10.0. The Morgan fingerprint density at radius 2 is 2.00 bits per heavy atom. The molecule has 1 heterocycles. The van der Waals surface area contributed by atoms with E-state index < -0.39 is 0 Å². The summed E-state index contributed by atoms with van der Waals surface area (Å²) in [4.78, 5) is 19.1. The van der Waals surface area contributed by atoms with Crippen LogP contribution in [0.3, 0.4) is 0 Å². The van der Waals surface area contributed by atoms with E-state index in [0.29, 0.717) is 13.0 Å². The van der Waals surface area contributed by atoms with Crippen LogP contribution in [0.25, 0.3) is 0 Å². The zero-order valence-corrected chi connectivity index (χ0v) is 13.0. The molecule has 0 aliphatic heterocycles. The quantitative estimate of drug-likeness (QED) is 0.802. The summed E-state index contributed by atoms with van der Waals surface area (Å²) < 4.78 is 0. The highest BCUT2D eigenvalue weighted by Gasteiger charge is 2.04. The number of H-pyrrole nitrogens is 1. The molecule has 0 aliphatic rings. The SMILES string of the molecule is CCCNCc1cc(=O)[nH]c(Cc2ccc(C)c(C)c2)n1. The van der Waals surface area contributed by atoms with Crippen molar-refractivity contribution in [3.63, 3.8) is 0 Å². The van der Waals surface area contributed by atoms with Crippen LogP contribution in [0.5, 0.6) is 0 Å². The summed E-state index contributed by atoms with van der Waals surface area (Å²) in [6, 6.07) is 7.91. The highest BCUT2D eigenvalue weighted by molar-refractivity contribution is 5.31. The van der Waals surface area contributed by atoms with Crippen molar-refractivity contribution in [2.24, 2.45) is 0 Å². The minimum atomic E-state index is -0.0860. The second kappa shape index (κ2) is 7.18. The molecule has 2 aromatic rings. The zero-order valence-electron chi connectivity index (χ0n) is 13.0. The Morgan fingerprint density at radius 3 is 2.71 bits per heavy atom. The molecule has 0 amide bonds. The minimum absolute atomic E-state index is 0.0860. The van der Waals surface area contributed by atoms with Crippen LogP contribution in [0.15, 0.2) is 29.1 Å². The number of aryl methyl sites for hydroxylation is 2. The standard InChI is InChI=1S/C17H23N3O/c1-4-7-18-11-15-10-17(21)20-16(19-15)9-14-6-5-12(2)13(3)8-14/h5-6,8,10,18H,4,7,9,11H2,1-3H3,(H,19,20,21). The summed E-state index contributed by atoms with van der Waals surface area (Å²) in [5.74, 6) is 0.721. The van der Waals surface area contributed by atoms with Crippen LogP contribution in [0.2, 0.25) is 0 Å². The molecule has 0 aliphatic carbocycles. The van der Waals surface area contributed by atoms with Crippen molar-refractivity contribution in [2.45, 2.75) is 40.2 Å². The van der Waals surface area contributed by atoms with Crippen LogP contribution in [0, 0.1) is 13.8 Å². The van der Waals surface area contributed by atoms with Crippen LogP contribution >= 0.6 is 0 Å². The van der Waals surface area contributed by atoms with Crippen molar-refractivity contribution in [3.8, 4) is 0 Å². The van der Waals surface area contributed by atoms with Crippen LogP contribution in [0.4, 0.5) is 0 Å². The predicted octanol–water partition coefficient (Wildman–Crippen LogP) is 2.48. The van der Waals surface area contributed by atoms with Gasteiger partial charge in [0, 0.05) is 19.0 Å². The molecule has 0 fully saturated rings. The summed E-state index contributed by atoms with van der Waals surface area (Å²) in [6.45, 7) is 7.88. The molecule has 0 bridgehead atoms. The first kappa shape index (κ1) is 15.4. The van der Waals surface area contributed by atoms with E-state index in [1.807, 2.05) is 0 Å². The van der Waals surface area contributed by atoms with Crippen molar-refractivity contribution in [1.82, 2.24) is 15.3 Å². The molecule has 0 spiro atoms. The number of nitrogens with one attached hydrogen (secondary N) is 2. The van der Waals surface area contributed by atoms with E-state index in [4.69, 9.17) is 0 Å². The van der Waals surface area contributed by atoms with Crippen LogP contribution in [-0.4, -0.2) is 16.5 Å². The molecule has 0 atom stereocenters. The van der Waals surface area contributed by atoms with Gasteiger partial charge in [0.15, 0.2) is 0 Å². The number of aromatic amines is 1. The fraction of sp³-hybridized carbons (Fsp3) is 0.412. The number of hydrogen-bond donors (Lipinski definition) is 2. The fourth-order valence-electron chi connectivity index (χ4n) is 2.24. The second-order valence-electron chi connectivity index (χ2n) is 5.46. The molecule has 4 heteroatoms. The second-order valence-corrected chi connectivity index (χ2v) is 5.46. The van der Waals surface area contributed by atoms with E-state index in [1.54, 1.807) is 6.07 Å². The van der Waals surface area contributed by atoms with E-state index in [-0.39, 0.29) is 5.56 Å². The highest BCUT2D eigenvalue weighted by atomic mass is 16.1. The van der Waals surface area contributed by atoms with Gasteiger partial charge < -0.3 is 10.3 Å². The summed E-state index contributed by atoms with van der Waals surface area (Å²) in [7, 11) is 0. The van der Waals surface area contributed by atoms with Crippen molar-refractivity contribution < 1.29 is 0 Å². The van der Waals surface area contributed by atoms with Gasteiger partial charge in [0.2, 0.25) is 0 Å². The minimum Gasteiger partial charge on any atom is -0.311 e. The molecule has 2 rings (SSSR count). The van der Waals surface area contributed by atoms with Gasteiger partial charge in [-0.05, 0) is 43.5 Å². The summed E-state index contributed by atoms with van der Waals surface area (Å²) in [5.41, 5.74) is 4.41. The van der Waals surface area contributed by atoms with Gasteiger partial charge in [0.25, 0.3) is 5.56 Å². The van der Waals surface area contributed by atoms with Gasteiger partial charge in [-0.25, -0.2) is 4.98 Å². The molecule has 0 saturated carbocycles. The largest absolute Gasteiger partial charge is 0.311 e. The van der Waals surface area contributed by atoms with Gasteiger partial charge in [-0.2, -0.15) is 0 Å². The van der Waals surface area contributed by atoms with Crippen molar-refractivity contribution in [3.05, 3.63) is 62.8 Å². The molecule has 0 unspecified atom stereocenters. The zero-order chi connectivity index (χ0) is 15.2. The summed E-state index contributed by atoms with van der Waals surface area (Å²) in [5, 5.41) is 3.27. The third-order valence-corrected chi connectivity index (χ3v) is 3.52. The molecule has 1 aromatic carbocycles. The van der Waals surface area contributed by atoms with Crippen molar-refractivity contribution in [1.29, 1.82) is 0 Å². The van der Waals surface area contributed by atoms with Crippen LogP contribution < -0.4 is 10.9 Å².